The topological polar surface area (TPSA) is 20.2 Å². The summed E-state index contributed by atoms with van der Waals surface area (Å²) in [5.74, 6) is -0.350. The summed E-state index contributed by atoms with van der Waals surface area (Å²) < 4.78 is 14.4. The van der Waals surface area contributed by atoms with E-state index in [-0.39, 0.29) is 5.82 Å². The van der Waals surface area contributed by atoms with Gasteiger partial charge in [0.05, 0.1) is 0 Å². The molecule has 0 aliphatic heterocycles. The molecule has 0 spiro atoms. The molecule has 1 aromatic carbocycles. The Bertz CT molecular complexity index is 428. The van der Waals surface area contributed by atoms with Crippen LogP contribution in [-0.4, -0.2) is 5.11 Å². The number of aliphatic hydroxyl groups excluding tert-OH is 1. The quantitative estimate of drug-likeness (QED) is 0.796. The highest BCUT2D eigenvalue weighted by molar-refractivity contribution is 9.10. The van der Waals surface area contributed by atoms with E-state index >= 15 is 0 Å². The molecule has 0 radical (unpaired) electrons. The van der Waals surface area contributed by atoms with Crippen LogP contribution in [0.4, 0.5) is 4.39 Å². The number of allylic oxidation sites excluding steroid dienone is 1. The average molecular weight is 299 g/mol. The van der Waals surface area contributed by atoms with Gasteiger partial charge in [-0.2, -0.15) is 0 Å². The summed E-state index contributed by atoms with van der Waals surface area (Å²) in [6.07, 6.45) is 6.58. The van der Waals surface area contributed by atoms with Crippen LogP contribution in [0.15, 0.2) is 34.3 Å². The van der Waals surface area contributed by atoms with E-state index in [9.17, 15) is 9.50 Å². The van der Waals surface area contributed by atoms with Gasteiger partial charge in [0.25, 0.3) is 0 Å². The first-order valence-corrected chi connectivity index (χ1v) is 6.80. The zero-order valence-corrected chi connectivity index (χ0v) is 11.2. The second-order valence-corrected chi connectivity index (χ2v) is 5.36. The summed E-state index contributed by atoms with van der Waals surface area (Å²) in [6, 6.07) is 4.81. The highest BCUT2D eigenvalue weighted by Crippen LogP contribution is 2.31. The third kappa shape index (κ3) is 3.17. The normalized spacial score (nSPS) is 18.4. The molecule has 0 saturated carbocycles. The number of benzene rings is 1. The van der Waals surface area contributed by atoms with Crippen molar-refractivity contribution in [3.8, 4) is 0 Å². The van der Waals surface area contributed by atoms with Gasteiger partial charge in [-0.05, 0) is 43.4 Å². The first-order valence-electron chi connectivity index (χ1n) is 6.00. The van der Waals surface area contributed by atoms with Gasteiger partial charge in [-0.3, -0.25) is 0 Å². The molecule has 1 nitrogen and oxygen atoms in total. The molecule has 1 aromatic rings. The van der Waals surface area contributed by atoms with Crippen molar-refractivity contribution in [3.63, 3.8) is 0 Å². The Morgan fingerprint density at radius 1 is 1.24 bits per heavy atom. The first-order chi connectivity index (χ1) is 8.18. The molecule has 0 bridgehead atoms. The molecule has 0 fully saturated rings. The van der Waals surface area contributed by atoms with Gasteiger partial charge in [0.1, 0.15) is 11.9 Å². The van der Waals surface area contributed by atoms with Crippen molar-refractivity contribution in [1.29, 1.82) is 0 Å². The maximum atomic E-state index is 13.7. The Morgan fingerprint density at radius 2 is 2.06 bits per heavy atom. The van der Waals surface area contributed by atoms with Crippen molar-refractivity contribution in [2.75, 3.05) is 0 Å². The Balaban J connectivity index is 2.23. The molecule has 0 aromatic heterocycles. The van der Waals surface area contributed by atoms with Crippen LogP contribution in [0.3, 0.4) is 0 Å². The van der Waals surface area contributed by atoms with Crippen LogP contribution in [-0.2, 0) is 0 Å². The van der Waals surface area contributed by atoms with E-state index in [1.807, 2.05) is 0 Å². The maximum Gasteiger partial charge on any atom is 0.130 e. The minimum Gasteiger partial charge on any atom is -0.384 e. The molecular weight excluding hydrogens is 283 g/mol. The minimum atomic E-state index is -0.791. The minimum absolute atomic E-state index is 0.350. The summed E-state index contributed by atoms with van der Waals surface area (Å²) in [7, 11) is 0. The molecule has 92 valence electrons. The predicted octanol–water partition coefficient (Wildman–Crippen LogP) is 4.51. The zero-order chi connectivity index (χ0) is 12.3. The van der Waals surface area contributed by atoms with Crippen LogP contribution >= 0.6 is 15.9 Å². The Hall–Kier alpha value is -0.670. The van der Waals surface area contributed by atoms with Gasteiger partial charge in [-0.1, -0.05) is 34.5 Å². The molecule has 2 rings (SSSR count). The van der Waals surface area contributed by atoms with Crippen LogP contribution in [0.25, 0.3) is 0 Å². The van der Waals surface area contributed by atoms with E-state index in [0.717, 1.165) is 24.8 Å². The van der Waals surface area contributed by atoms with Gasteiger partial charge >= 0.3 is 0 Å². The Kier molecular flexibility index (Phi) is 4.35. The lowest BCUT2D eigenvalue weighted by molar-refractivity contribution is 0.205. The van der Waals surface area contributed by atoms with Gasteiger partial charge in [0, 0.05) is 10.0 Å². The fraction of sp³-hybridized carbons (Fsp3) is 0.429. The highest BCUT2D eigenvalue weighted by Gasteiger charge is 2.18. The molecule has 1 unspecified atom stereocenters. The van der Waals surface area contributed by atoms with Crippen molar-refractivity contribution in [1.82, 2.24) is 0 Å². The molecule has 1 N–H and O–H groups in total. The molecule has 17 heavy (non-hydrogen) atoms. The second kappa shape index (κ2) is 5.78. The van der Waals surface area contributed by atoms with Crippen LogP contribution in [0, 0.1) is 5.82 Å². The summed E-state index contributed by atoms with van der Waals surface area (Å²) in [5, 5.41) is 10.2. The lowest BCUT2D eigenvalue weighted by Crippen LogP contribution is -2.04. The lowest BCUT2D eigenvalue weighted by atomic mass is 9.97. The van der Waals surface area contributed by atoms with E-state index in [2.05, 4.69) is 22.0 Å². The van der Waals surface area contributed by atoms with Crippen LogP contribution < -0.4 is 0 Å². The molecule has 1 aliphatic rings. The molecule has 0 saturated heterocycles. The fourth-order valence-electron chi connectivity index (χ4n) is 2.21. The molecule has 1 atom stereocenters. The largest absolute Gasteiger partial charge is 0.384 e. The monoisotopic (exact) mass is 298 g/mol. The van der Waals surface area contributed by atoms with Crippen molar-refractivity contribution >= 4 is 15.9 Å². The van der Waals surface area contributed by atoms with Crippen molar-refractivity contribution in [2.24, 2.45) is 0 Å². The van der Waals surface area contributed by atoms with E-state index < -0.39 is 6.10 Å². The molecule has 0 heterocycles. The zero-order valence-electron chi connectivity index (χ0n) is 9.63. The summed E-state index contributed by atoms with van der Waals surface area (Å²) in [5.41, 5.74) is 1.34. The van der Waals surface area contributed by atoms with E-state index in [1.165, 1.54) is 18.9 Å². The van der Waals surface area contributed by atoms with Gasteiger partial charge < -0.3 is 5.11 Å². The SMILES string of the molecule is OC(C1=CCCCCC1)c1ccc(Br)cc1F. The average Bonchev–Trinajstić information content (AvgIpc) is 2.56. The van der Waals surface area contributed by atoms with Gasteiger partial charge in [-0.15, -0.1) is 0 Å². The molecule has 0 amide bonds. The van der Waals surface area contributed by atoms with Gasteiger partial charge in [0.2, 0.25) is 0 Å². The van der Waals surface area contributed by atoms with E-state index in [0.29, 0.717) is 10.0 Å². The Labute approximate surface area is 109 Å². The third-order valence-corrected chi connectivity index (χ3v) is 3.68. The summed E-state index contributed by atoms with van der Waals surface area (Å²) in [6.45, 7) is 0. The van der Waals surface area contributed by atoms with Crippen LogP contribution in [0.1, 0.15) is 43.8 Å². The van der Waals surface area contributed by atoms with E-state index in [1.54, 1.807) is 12.1 Å². The fourth-order valence-corrected chi connectivity index (χ4v) is 2.54. The second-order valence-electron chi connectivity index (χ2n) is 4.45. The van der Waals surface area contributed by atoms with Crippen molar-refractivity contribution in [3.05, 3.63) is 45.7 Å². The predicted molar refractivity (Wildman–Crippen MR) is 70.2 cm³/mol. The standard InChI is InChI=1S/C14H16BrFO/c15-11-7-8-12(13(16)9-11)14(17)10-5-3-1-2-4-6-10/h5,7-9,14,17H,1-4,6H2. The van der Waals surface area contributed by atoms with Crippen molar-refractivity contribution in [2.45, 2.75) is 38.2 Å². The number of halogens is 2. The lowest BCUT2D eigenvalue weighted by Gasteiger charge is -2.15. The molecule has 3 heteroatoms. The molecule has 1 aliphatic carbocycles. The molecular formula is C14H16BrFO. The number of hydrogen-bond acceptors (Lipinski definition) is 1. The van der Waals surface area contributed by atoms with Gasteiger partial charge in [-0.25, -0.2) is 4.39 Å². The van der Waals surface area contributed by atoms with Crippen LogP contribution in [0.2, 0.25) is 0 Å². The number of rotatable bonds is 2. The number of aliphatic hydroxyl groups is 1. The van der Waals surface area contributed by atoms with Crippen LogP contribution in [0.5, 0.6) is 0 Å². The maximum absolute atomic E-state index is 13.7. The van der Waals surface area contributed by atoms with Crippen molar-refractivity contribution < 1.29 is 9.50 Å². The van der Waals surface area contributed by atoms with Gasteiger partial charge in [0.15, 0.2) is 0 Å². The third-order valence-electron chi connectivity index (χ3n) is 3.18. The highest BCUT2D eigenvalue weighted by atomic mass is 79.9. The summed E-state index contributed by atoms with van der Waals surface area (Å²) >= 11 is 3.22. The summed E-state index contributed by atoms with van der Waals surface area (Å²) in [4.78, 5) is 0. The first kappa shape index (κ1) is 12.8. The smallest absolute Gasteiger partial charge is 0.130 e. The Morgan fingerprint density at radius 3 is 2.82 bits per heavy atom. The number of hydrogen-bond donors (Lipinski definition) is 1. The van der Waals surface area contributed by atoms with E-state index in [4.69, 9.17) is 0 Å².